The molecule has 8 heteroatoms. The van der Waals surface area contributed by atoms with Crippen molar-refractivity contribution in [2.24, 2.45) is 5.73 Å². The van der Waals surface area contributed by atoms with E-state index in [1.165, 1.54) is 6.07 Å². The minimum atomic E-state index is -1.06. The van der Waals surface area contributed by atoms with Gasteiger partial charge in [0.1, 0.15) is 0 Å². The minimum Gasteiger partial charge on any atom is -0.352 e. The maximum Gasteiger partial charge on any atom is 0.312 e. The molecule has 0 aromatic heterocycles. The molecule has 0 aliphatic rings. The average Bonchev–Trinajstić information content (AvgIpc) is 2.50. The highest BCUT2D eigenvalue weighted by Crippen LogP contribution is 2.21. The molecule has 0 heterocycles. The molecule has 0 aliphatic carbocycles. The lowest BCUT2D eigenvalue weighted by Crippen LogP contribution is -2.35. The molecule has 0 saturated heterocycles. The molecule has 0 bridgehead atoms. The van der Waals surface area contributed by atoms with Crippen molar-refractivity contribution in [3.05, 3.63) is 64.1 Å². The van der Waals surface area contributed by atoms with E-state index in [4.69, 9.17) is 5.73 Å². The lowest BCUT2D eigenvalue weighted by molar-refractivity contribution is -0.116. The maximum atomic E-state index is 13.2. The number of benzene rings is 2. The van der Waals surface area contributed by atoms with Gasteiger partial charge >= 0.3 is 6.03 Å². The van der Waals surface area contributed by atoms with E-state index in [0.717, 1.165) is 16.6 Å². The van der Waals surface area contributed by atoms with E-state index in [1.54, 1.807) is 24.3 Å². The molecule has 5 nitrogen and oxygen atoms in total. The number of hydrogen-bond acceptors (Lipinski definition) is 2. The predicted molar refractivity (Wildman–Crippen MR) is 89.2 cm³/mol. The van der Waals surface area contributed by atoms with Gasteiger partial charge in [-0.1, -0.05) is 28.1 Å². The van der Waals surface area contributed by atoms with Gasteiger partial charge in [0.15, 0.2) is 11.6 Å². The molecule has 4 N–H and O–H groups in total. The normalized spacial score (nSPS) is 11.6. The van der Waals surface area contributed by atoms with Crippen LogP contribution < -0.4 is 16.4 Å². The zero-order valence-corrected chi connectivity index (χ0v) is 13.9. The van der Waals surface area contributed by atoms with Crippen LogP contribution in [0.25, 0.3) is 0 Å². The summed E-state index contributed by atoms with van der Waals surface area (Å²) in [5.74, 6) is -2.55. The molecule has 3 amide bonds. The fourth-order valence-corrected chi connectivity index (χ4v) is 2.35. The van der Waals surface area contributed by atoms with Gasteiger partial charge in [0.05, 0.1) is 12.5 Å². The highest BCUT2D eigenvalue weighted by atomic mass is 79.9. The molecule has 24 heavy (non-hydrogen) atoms. The number of amides is 3. The SMILES string of the molecule is NC(=O)NC(CC(=O)Nc1ccc(F)c(F)c1)c1ccc(Br)cc1. The largest absolute Gasteiger partial charge is 0.352 e. The Morgan fingerprint density at radius 3 is 2.33 bits per heavy atom. The Hall–Kier alpha value is -2.48. The van der Waals surface area contributed by atoms with E-state index >= 15 is 0 Å². The molecule has 0 aliphatic heterocycles. The molecule has 0 fully saturated rings. The van der Waals surface area contributed by atoms with Crippen LogP contribution in [0.15, 0.2) is 46.9 Å². The monoisotopic (exact) mass is 397 g/mol. The number of nitrogens with two attached hydrogens (primary N) is 1. The zero-order valence-electron chi connectivity index (χ0n) is 12.4. The molecule has 2 aromatic carbocycles. The van der Waals surface area contributed by atoms with Crippen molar-refractivity contribution in [2.45, 2.75) is 12.5 Å². The first-order valence-corrected chi connectivity index (χ1v) is 7.71. The van der Waals surface area contributed by atoms with Crippen LogP contribution in [-0.4, -0.2) is 11.9 Å². The van der Waals surface area contributed by atoms with Gasteiger partial charge in [-0.15, -0.1) is 0 Å². The first-order chi connectivity index (χ1) is 11.3. The van der Waals surface area contributed by atoms with Crippen LogP contribution >= 0.6 is 15.9 Å². The van der Waals surface area contributed by atoms with E-state index in [1.807, 2.05) is 0 Å². The summed E-state index contributed by atoms with van der Waals surface area (Å²) in [5.41, 5.74) is 5.94. The van der Waals surface area contributed by atoms with Crippen molar-refractivity contribution >= 4 is 33.6 Å². The number of anilines is 1. The molecular formula is C16H14BrF2N3O2. The Labute approximate surface area is 145 Å². The van der Waals surface area contributed by atoms with Gasteiger partial charge in [0.2, 0.25) is 5.91 Å². The molecule has 1 unspecified atom stereocenters. The average molecular weight is 398 g/mol. The third-order valence-corrected chi connectivity index (χ3v) is 3.71. The van der Waals surface area contributed by atoms with Crippen molar-refractivity contribution in [1.29, 1.82) is 0 Å². The lowest BCUT2D eigenvalue weighted by atomic mass is 10.0. The van der Waals surface area contributed by atoms with Gasteiger partial charge in [-0.3, -0.25) is 4.79 Å². The van der Waals surface area contributed by atoms with E-state index in [0.29, 0.717) is 5.56 Å². The molecular weight excluding hydrogens is 384 g/mol. The van der Waals surface area contributed by atoms with Crippen molar-refractivity contribution < 1.29 is 18.4 Å². The second-order valence-corrected chi connectivity index (χ2v) is 5.91. The predicted octanol–water partition coefficient (Wildman–Crippen LogP) is 3.47. The fraction of sp³-hybridized carbons (Fsp3) is 0.125. The molecule has 0 spiro atoms. The Morgan fingerprint density at radius 1 is 1.08 bits per heavy atom. The van der Waals surface area contributed by atoms with Crippen LogP contribution in [0.2, 0.25) is 0 Å². The van der Waals surface area contributed by atoms with Crippen molar-refractivity contribution in [2.75, 3.05) is 5.32 Å². The molecule has 0 saturated carbocycles. The van der Waals surface area contributed by atoms with Crippen molar-refractivity contribution in [3.8, 4) is 0 Å². The molecule has 1 atom stereocenters. The zero-order chi connectivity index (χ0) is 17.7. The first-order valence-electron chi connectivity index (χ1n) is 6.91. The molecule has 2 rings (SSSR count). The fourth-order valence-electron chi connectivity index (χ4n) is 2.09. The summed E-state index contributed by atoms with van der Waals surface area (Å²) in [7, 11) is 0. The second-order valence-electron chi connectivity index (χ2n) is 4.99. The number of nitrogens with one attached hydrogen (secondary N) is 2. The third kappa shape index (κ3) is 5.02. The number of carbonyl (C=O) groups excluding carboxylic acids is 2. The van der Waals surface area contributed by atoms with E-state index in [-0.39, 0.29) is 12.1 Å². The van der Waals surface area contributed by atoms with Crippen LogP contribution in [0.4, 0.5) is 19.3 Å². The Kier molecular flexibility index (Phi) is 5.86. The minimum absolute atomic E-state index is 0.118. The summed E-state index contributed by atoms with van der Waals surface area (Å²) in [5, 5.41) is 4.93. The quantitative estimate of drug-likeness (QED) is 0.721. The van der Waals surface area contributed by atoms with Crippen molar-refractivity contribution in [3.63, 3.8) is 0 Å². The van der Waals surface area contributed by atoms with Gasteiger partial charge in [-0.25, -0.2) is 13.6 Å². The van der Waals surface area contributed by atoms with Gasteiger partial charge < -0.3 is 16.4 Å². The number of primary amides is 1. The van der Waals surface area contributed by atoms with Crippen molar-refractivity contribution in [1.82, 2.24) is 5.32 Å². The number of urea groups is 1. The van der Waals surface area contributed by atoms with Gasteiger partial charge in [-0.05, 0) is 29.8 Å². The number of rotatable bonds is 5. The lowest BCUT2D eigenvalue weighted by Gasteiger charge is -2.18. The Morgan fingerprint density at radius 2 is 1.75 bits per heavy atom. The number of hydrogen-bond donors (Lipinski definition) is 3. The van der Waals surface area contributed by atoms with Gasteiger partial charge in [0.25, 0.3) is 0 Å². The molecule has 0 radical (unpaired) electrons. The van der Waals surface area contributed by atoms with Gasteiger partial charge in [-0.2, -0.15) is 0 Å². The summed E-state index contributed by atoms with van der Waals surface area (Å²) in [6.07, 6.45) is -0.121. The highest BCUT2D eigenvalue weighted by Gasteiger charge is 2.18. The van der Waals surface area contributed by atoms with E-state index in [2.05, 4.69) is 26.6 Å². The Bertz CT molecular complexity index is 753. The summed E-state index contributed by atoms with van der Waals surface area (Å²) in [6.45, 7) is 0. The topological polar surface area (TPSA) is 84.2 Å². The summed E-state index contributed by atoms with van der Waals surface area (Å²) < 4.78 is 26.9. The molecule has 2 aromatic rings. The standard InChI is InChI=1S/C16H14BrF2N3O2/c17-10-3-1-9(2-4-10)14(22-16(20)24)8-15(23)21-11-5-6-12(18)13(19)7-11/h1-7,14H,8H2,(H,21,23)(H3,20,22,24). The molecule has 126 valence electrons. The van der Waals surface area contributed by atoms with Crippen LogP contribution in [-0.2, 0) is 4.79 Å². The van der Waals surface area contributed by atoms with Gasteiger partial charge in [0, 0.05) is 16.2 Å². The first kappa shape index (κ1) is 17.9. The Balaban J connectivity index is 2.10. The highest BCUT2D eigenvalue weighted by molar-refractivity contribution is 9.10. The second kappa shape index (κ2) is 7.87. The van der Waals surface area contributed by atoms with Crippen LogP contribution in [0.3, 0.4) is 0 Å². The summed E-state index contributed by atoms with van der Waals surface area (Å²) >= 11 is 3.30. The van der Waals surface area contributed by atoms with Crippen LogP contribution in [0.5, 0.6) is 0 Å². The van der Waals surface area contributed by atoms with E-state index in [9.17, 15) is 18.4 Å². The smallest absolute Gasteiger partial charge is 0.312 e. The number of carbonyl (C=O) groups is 2. The van der Waals surface area contributed by atoms with Crippen LogP contribution in [0, 0.1) is 11.6 Å². The van der Waals surface area contributed by atoms with E-state index < -0.39 is 29.6 Å². The van der Waals surface area contributed by atoms with Crippen LogP contribution in [0.1, 0.15) is 18.0 Å². The summed E-state index contributed by atoms with van der Waals surface area (Å²) in [6, 6.07) is 8.60. The maximum absolute atomic E-state index is 13.2. The summed E-state index contributed by atoms with van der Waals surface area (Å²) in [4.78, 5) is 23.3. The number of halogens is 3. The third-order valence-electron chi connectivity index (χ3n) is 3.18.